The fraction of sp³-hybridized carbons (Fsp3) is 0.579. The van der Waals surface area contributed by atoms with Gasteiger partial charge in [-0.2, -0.15) is 4.31 Å². The van der Waals surface area contributed by atoms with E-state index in [2.05, 4.69) is 10.6 Å². The van der Waals surface area contributed by atoms with Crippen molar-refractivity contribution in [1.82, 2.24) is 14.9 Å². The van der Waals surface area contributed by atoms with Gasteiger partial charge in [0.25, 0.3) is 5.91 Å². The van der Waals surface area contributed by atoms with E-state index in [1.165, 1.54) is 4.31 Å². The van der Waals surface area contributed by atoms with Gasteiger partial charge in [-0.25, -0.2) is 8.42 Å². The van der Waals surface area contributed by atoms with Gasteiger partial charge >= 0.3 is 0 Å². The first kappa shape index (κ1) is 23.1. The number of ether oxygens (including phenoxy) is 1. The summed E-state index contributed by atoms with van der Waals surface area (Å²) in [5, 5.41) is 5.34. The molecule has 3 N–H and O–H groups in total. The van der Waals surface area contributed by atoms with E-state index in [0.717, 1.165) is 4.90 Å². The molecule has 0 aliphatic carbocycles. The predicted molar refractivity (Wildman–Crippen MR) is 108 cm³/mol. The number of quaternary nitrogens is 1. The number of hydrogen-bond acceptors (Lipinski definition) is 5. The van der Waals surface area contributed by atoms with Crippen molar-refractivity contribution in [2.75, 3.05) is 45.9 Å². The molecule has 1 saturated heterocycles. The summed E-state index contributed by atoms with van der Waals surface area (Å²) in [6, 6.07) is 5.81. The van der Waals surface area contributed by atoms with Crippen LogP contribution in [0.5, 0.6) is 5.75 Å². The van der Waals surface area contributed by atoms with Crippen molar-refractivity contribution < 1.29 is 27.6 Å². The van der Waals surface area contributed by atoms with E-state index < -0.39 is 16.1 Å². The molecule has 1 aromatic carbocycles. The van der Waals surface area contributed by atoms with Crippen LogP contribution in [0.15, 0.2) is 29.2 Å². The van der Waals surface area contributed by atoms with Crippen LogP contribution in [0.4, 0.5) is 0 Å². The molecule has 29 heavy (non-hydrogen) atoms. The fourth-order valence-electron chi connectivity index (χ4n) is 3.16. The Kier molecular flexibility index (Phi) is 8.42. The minimum absolute atomic E-state index is 0.209. The van der Waals surface area contributed by atoms with Crippen LogP contribution < -0.4 is 20.3 Å². The van der Waals surface area contributed by atoms with Crippen LogP contribution in [0.3, 0.4) is 0 Å². The highest BCUT2D eigenvalue weighted by molar-refractivity contribution is 7.89. The van der Waals surface area contributed by atoms with Crippen molar-refractivity contribution in [3.8, 4) is 5.75 Å². The first-order valence-electron chi connectivity index (χ1n) is 9.91. The predicted octanol–water partition coefficient (Wildman–Crippen LogP) is -1.38. The number of sulfonamides is 1. The Bertz CT molecular complexity index is 789. The van der Waals surface area contributed by atoms with Crippen LogP contribution in [0.2, 0.25) is 0 Å². The van der Waals surface area contributed by atoms with Crippen molar-refractivity contribution >= 4 is 21.8 Å². The molecule has 0 saturated carbocycles. The van der Waals surface area contributed by atoms with Crippen molar-refractivity contribution in [2.24, 2.45) is 0 Å². The molecule has 1 heterocycles. The summed E-state index contributed by atoms with van der Waals surface area (Å²) < 4.78 is 32.4. The Balaban J connectivity index is 1.86. The number of rotatable bonds is 9. The molecule has 9 nitrogen and oxygen atoms in total. The van der Waals surface area contributed by atoms with Gasteiger partial charge in [0.1, 0.15) is 11.8 Å². The topological polar surface area (TPSA) is 109 Å². The van der Waals surface area contributed by atoms with Gasteiger partial charge in [0.2, 0.25) is 15.9 Å². The average molecular weight is 428 g/mol. The molecule has 1 aliphatic rings. The van der Waals surface area contributed by atoms with Crippen molar-refractivity contribution in [3.63, 3.8) is 0 Å². The van der Waals surface area contributed by atoms with E-state index in [1.54, 1.807) is 31.2 Å². The van der Waals surface area contributed by atoms with Gasteiger partial charge in [-0.1, -0.05) is 0 Å². The molecule has 1 fully saturated rings. The highest BCUT2D eigenvalue weighted by Crippen LogP contribution is 2.19. The van der Waals surface area contributed by atoms with Crippen LogP contribution in [0.25, 0.3) is 0 Å². The summed E-state index contributed by atoms with van der Waals surface area (Å²) in [6.45, 7) is 8.29. The molecular formula is C19H31N4O5S+. The first-order chi connectivity index (χ1) is 13.8. The minimum atomic E-state index is -3.57. The van der Waals surface area contributed by atoms with E-state index in [9.17, 15) is 18.0 Å². The number of carbonyl (C=O) groups is 2. The maximum absolute atomic E-state index is 12.8. The Hall–Kier alpha value is -2.17. The number of nitrogens with zero attached hydrogens (tertiary/aromatic N) is 1. The molecule has 0 aromatic heterocycles. The van der Waals surface area contributed by atoms with E-state index >= 15 is 0 Å². The van der Waals surface area contributed by atoms with Gasteiger partial charge in [-0.3, -0.25) is 9.59 Å². The lowest BCUT2D eigenvalue weighted by atomic mass is 10.3. The molecular weight excluding hydrogens is 396 g/mol. The maximum atomic E-state index is 12.8. The van der Waals surface area contributed by atoms with Crippen molar-refractivity contribution in [2.45, 2.75) is 31.7 Å². The van der Waals surface area contributed by atoms with E-state index in [-0.39, 0.29) is 23.3 Å². The molecule has 1 aromatic rings. The van der Waals surface area contributed by atoms with Gasteiger partial charge in [0.15, 0.2) is 6.54 Å². The number of piperazine rings is 1. The highest BCUT2D eigenvalue weighted by Gasteiger charge is 2.31. The fourth-order valence-corrected chi connectivity index (χ4v) is 4.60. The average Bonchev–Trinajstić information content (AvgIpc) is 2.69. The molecule has 10 heteroatoms. The maximum Gasteiger partial charge on any atom is 0.275 e. The largest absolute Gasteiger partial charge is 0.494 e. The lowest BCUT2D eigenvalue weighted by Crippen LogP contribution is -3.15. The Morgan fingerprint density at radius 3 is 2.34 bits per heavy atom. The van der Waals surface area contributed by atoms with Gasteiger partial charge in [-0.15, -0.1) is 0 Å². The number of carbonyl (C=O) groups excluding carboxylic acids is 2. The summed E-state index contributed by atoms with van der Waals surface area (Å²) in [6.07, 6.45) is 0. The van der Waals surface area contributed by atoms with E-state index in [4.69, 9.17) is 4.74 Å². The first-order valence-corrected chi connectivity index (χ1v) is 11.4. The van der Waals surface area contributed by atoms with Crippen LogP contribution >= 0.6 is 0 Å². The van der Waals surface area contributed by atoms with Crippen LogP contribution in [0, 0.1) is 0 Å². The van der Waals surface area contributed by atoms with Crippen LogP contribution in [-0.2, 0) is 19.6 Å². The molecule has 1 aliphatic heterocycles. The number of hydrogen-bond donors (Lipinski definition) is 3. The number of nitrogens with one attached hydrogen (secondary N) is 3. The lowest BCUT2D eigenvalue weighted by molar-refractivity contribution is -0.895. The van der Waals surface area contributed by atoms with Crippen LogP contribution in [0.1, 0.15) is 20.8 Å². The molecule has 162 valence electrons. The van der Waals surface area contributed by atoms with Crippen molar-refractivity contribution in [1.29, 1.82) is 0 Å². The summed E-state index contributed by atoms with van der Waals surface area (Å²) in [5.41, 5.74) is 0. The monoisotopic (exact) mass is 427 g/mol. The zero-order valence-electron chi connectivity index (χ0n) is 17.2. The molecule has 0 spiro atoms. The van der Waals surface area contributed by atoms with Crippen molar-refractivity contribution in [3.05, 3.63) is 24.3 Å². The van der Waals surface area contributed by atoms with Gasteiger partial charge in [0.05, 0.1) is 37.7 Å². The minimum Gasteiger partial charge on any atom is -0.494 e. The van der Waals surface area contributed by atoms with E-state index in [1.807, 2.05) is 13.8 Å². The Morgan fingerprint density at radius 1 is 1.17 bits per heavy atom. The van der Waals surface area contributed by atoms with Gasteiger partial charge < -0.3 is 20.3 Å². The second-order valence-electron chi connectivity index (χ2n) is 6.92. The SMILES string of the molecule is CCNC(=O)[C@H](C)NC(=O)C[NH+]1CCN(S(=O)(=O)c2ccc(OCC)cc2)CC1. The third-order valence-corrected chi connectivity index (χ3v) is 6.65. The zero-order valence-corrected chi connectivity index (χ0v) is 18.0. The second kappa shape index (κ2) is 10.6. The molecule has 2 rings (SSSR count). The quantitative estimate of drug-likeness (QED) is 0.450. The van der Waals surface area contributed by atoms with E-state index in [0.29, 0.717) is 45.1 Å². The zero-order chi connectivity index (χ0) is 21.4. The molecule has 2 amide bonds. The molecule has 0 unspecified atom stereocenters. The summed E-state index contributed by atoms with van der Waals surface area (Å²) in [7, 11) is -3.57. The highest BCUT2D eigenvalue weighted by atomic mass is 32.2. The van der Waals surface area contributed by atoms with Gasteiger partial charge in [0, 0.05) is 6.54 Å². The Labute approximate surface area is 172 Å². The summed E-state index contributed by atoms with van der Waals surface area (Å²) in [5.74, 6) is 0.192. The lowest BCUT2D eigenvalue weighted by Gasteiger charge is -2.31. The normalized spacial score (nSPS) is 16.8. The molecule has 0 bridgehead atoms. The van der Waals surface area contributed by atoms with Crippen LogP contribution in [-0.4, -0.2) is 76.5 Å². The Morgan fingerprint density at radius 2 is 1.79 bits per heavy atom. The summed E-state index contributed by atoms with van der Waals surface area (Å²) >= 11 is 0. The standard InChI is InChI=1S/C19H30N4O5S/c1-4-20-19(25)15(3)21-18(24)14-22-10-12-23(13-11-22)29(26,27)17-8-6-16(7-9-17)28-5-2/h6-9,15H,4-5,10-14H2,1-3H3,(H,20,25)(H,21,24)/p+1/t15-/m0/s1. The molecule has 0 radical (unpaired) electrons. The third kappa shape index (κ3) is 6.41. The number of likely N-dealkylation sites (N-methyl/N-ethyl adjacent to an activating group) is 1. The third-order valence-electron chi connectivity index (χ3n) is 4.73. The smallest absolute Gasteiger partial charge is 0.275 e. The van der Waals surface area contributed by atoms with Gasteiger partial charge in [-0.05, 0) is 45.0 Å². The number of benzene rings is 1. The summed E-state index contributed by atoms with van der Waals surface area (Å²) in [4.78, 5) is 25.1. The number of amides is 2. The second-order valence-corrected chi connectivity index (χ2v) is 8.86. The molecule has 1 atom stereocenters.